The number of rotatable bonds is 1. The summed E-state index contributed by atoms with van der Waals surface area (Å²) in [6.07, 6.45) is -0.310. The summed E-state index contributed by atoms with van der Waals surface area (Å²) in [6.45, 7) is 0.538. The average molecular weight is 76.1 g/mol. The van der Waals surface area contributed by atoms with Gasteiger partial charge in [-0.1, -0.05) is 0 Å². The molecule has 1 heterocycles. The first kappa shape index (κ1) is 3.08. The van der Waals surface area contributed by atoms with Crippen molar-refractivity contribution in [1.82, 2.24) is 0 Å². The smallest absolute Gasteiger partial charge is 0.214 e. The molecule has 1 unspecified atom stereocenters. The van der Waals surface area contributed by atoms with Gasteiger partial charge in [0, 0.05) is 0 Å². The van der Waals surface area contributed by atoms with E-state index in [-0.39, 0.29) is 6.29 Å². The SMILES string of the molecule is OOC1CO1. The van der Waals surface area contributed by atoms with Gasteiger partial charge in [-0.15, -0.1) is 0 Å². The summed E-state index contributed by atoms with van der Waals surface area (Å²) in [7, 11) is 0. The Kier molecular flexibility index (Phi) is 0.574. The number of epoxide rings is 1. The molecule has 1 fully saturated rings. The normalized spacial score (nSPS) is 34.2. The van der Waals surface area contributed by atoms with Crippen LogP contribution in [-0.2, 0) is 9.62 Å². The Labute approximate surface area is 29.0 Å². The van der Waals surface area contributed by atoms with E-state index in [0.29, 0.717) is 6.61 Å². The average Bonchev–Trinajstić information content (AvgIpc) is 2.12. The molecule has 3 nitrogen and oxygen atoms in total. The van der Waals surface area contributed by atoms with Gasteiger partial charge in [0.2, 0.25) is 6.29 Å². The monoisotopic (exact) mass is 76.0 g/mol. The standard InChI is InChI=1S/C2H4O3/c3-5-2-1-4-2/h2-3H,1H2. The molecular weight excluding hydrogens is 72.0 g/mol. The van der Waals surface area contributed by atoms with Gasteiger partial charge < -0.3 is 4.74 Å². The van der Waals surface area contributed by atoms with Gasteiger partial charge in [-0.25, -0.2) is 10.1 Å². The van der Waals surface area contributed by atoms with E-state index < -0.39 is 0 Å². The van der Waals surface area contributed by atoms with E-state index in [1.807, 2.05) is 0 Å². The second-order valence-electron chi connectivity index (χ2n) is 0.868. The van der Waals surface area contributed by atoms with Gasteiger partial charge >= 0.3 is 0 Å². The number of ether oxygens (including phenoxy) is 1. The molecule has 30 valence electrons. The second kappa shape index (κ2) is 0.931. The molecule has 3 heteroatoms. The van der Waals surface area contributed by atoms with Gasteiger partial charge in [0.05, 0.1) is 0 Å². The molecule has 0 aromatic carbocycles. The zero-order valence-corrected chi connectivity index (χ0v) is 2.55. The third-order valence-corrected chi connectivity index (χ3v) is 0.420. The summed E-state index contributed by atoms with van der Waals surface area (Å²) in [5, 5.41) is 7.58. The lowest BCUT2D eigenvalue weighted by molar-refractivity contribution is -0.273. The maximum absolute atomic E-state index is 7.58. The van der Waals surface area contributed by atoms with Gasteiger partial charge in [0.1, 0.15) is 6.61 Å². The summed E-state index contributed by atoms with van der Waals surface area (Å²) in [4.78, 5) is 3.64. The van der Waals surface area contributed by atoms with Crippen molar-refractivity contribution in [2.45, 2.75) is 6.29 Å². The minimum Gasteiger partial charge on any atom is -0.342 e. The van der Waals surface area contributed by atoms with Crippen molar-refractivity contribution in [2.75, 3.05) is 6.61 Å². The minimum atomic E-state index is -0.310. The van der Waals surface area contributed by atoms with Crippen molar-refractivity contribution >= 4 is 0 Å². The molecule has 0 saturated carbocycles. The maximum Gasteiger partial charge on any atom is 0.214 e. The first-order valence-corrected chi connectivity index (χ1v) is 1.35. The summed E-state index contributed by atoms with van der Waals surface area (Å²) in [5.41, 5.74) is 0. The third kappa shape index (κ3) is 0.576. The van der Waals surface area contributed by atoms with Crippen LogP contribution >= 0.6 is 0 Å². The highest BCUT2D eigenvalue weighted by Gasteiger charge is 2.22. The predicted octanol–water partition coefficient (Wildman–Crippen LogP) is -0.168. The van der Waals surface area contributed by atoms with Crippen molar-refractivity contribution in [3.63, 3.8) is 0 Å². The fourth-order valence-electron chi connectivity index (χ4n) is 0.100. The van der Waals surface area contributed by atoms with Gasteiger partial charge in [-0.2, -0.15) is 0 Å². The summed E-state index contributed by atoms with van der Waals surface area (Å²) in [5.74, 6) is 0. The molecule has 1 saturated heterocycles. The molecule has 0 bridgehead atoms. The molecule has 0 aliphatic carbocycles. The predicted molar refractivity (Wildman–Crippen MR) is 13.5 cm³/mol. The molecule has 1 aliphatic rings. The molecule has 1 atom stereocenters. The lowest BCUT2D eigenvalue weighted by Crippen LogP contribution is -1.84. The van der Waals surface area contributed by atoms with E-state index in [4.69, 9.17) is 5.26 Å². The lowest BCUT2D eigenvalue weighted by atomic mass is 10.9. The van der Waals surface area contributed by atoms with Crippen molar-refractivity contribution in [3.05, 3.63) is 0 Å². The van der Waals surface area contributed by atoms with Gasteiger partial charge in [0.15, 0.2) is 0 Å². The zero-order valence-electron chi connectivity index (χ0n) is 2.55. The molecule has 0 aromatic heterocycles. The first-order chi connectivity index (χ1) is 2.43. The van der Waals surface area contributed by atoms with Crippen LogP contribution in [0, 0.1) is 0 Å². The zero-order chi connectivity index (χ0) is 3.70. The van der Waals surface area contributed by atoms with Crippen LogP contribution in [0.1, 0.15) is 0 Å². The number of hydrogen-bond acceptors (Lipinski definition) is 3. The highest BCUT2D eigenvalue weighted by Crippen LogP contribution is 2.06. The van der Waals surface area contributed by atoms with Crippen molar-refractivity contribution < 1.29 is 14.9 Å². The van der Waals surface area contributed by atoms with Gasteiger partial charge in [-0.3, -0.25) is 0 Å². The van der Waals surface area contributed by atoms with Crippen LogP contribution in [0.4, 0.5) is 0 Å². The maximum atomic E-state index is 7.58. The first-order valence-electron chi connectivity index (χ1n) is 1.35. The summed E-state index contributed by atoms with van der Waals surface area (Å²) < 4.78 is 4.39. The summed E-state index contributed by atoms with van der Waals surface area (Å²) in [6, 6.07) is 0. The number of hydrogen-bond donors (Lipinski definition) is 1. The Balaban J connectivity index is 2.00. The molecule has 0 spiro atoms. The van der Waals surface area contributed by atoms with Crippen LogP contribution in [0.25, 0.3) is 0 Å². The van der Waals surface area contributed by atoms with Crippen LogP contribution in [0.5, 0.6) is 0 Å². The summed E-state index contributed by atoms with van der Waals surface area (Å²) >= 11 is 0. The fraction of sp³-hybridized carbons (Fsp3) is 1.00. The van der Waals surface area contributed by atoms with E-state index in [2.05, 4.69) is 9.62 Å². The quantitative estimate of drug-likeness (QED) is 0.268. The van der Waals surface area contributed by atoms with Gasteiger partial charge in [-0.05, 0) is 0 Å². The van der Waals surface area contributed by atoms with E-state index in [1.165, 1.54) is 0 Å². The Morgan fingerprint density at radius 1 is 2.00 bits per heavy atom. The molecular formula is C2H4O3. The minimum absolute atomic E-state index is 0.310. The van der Waals surface area contributed by atoms with Crippen LogP contribution in [0.3, 0.4) is 0 Å². The Hall–Kier alpha value is -0.120. The molecule has 0 radical (unpaired) electrons. The molecule has 1 rings (SSSR count). The van der Waals surface area contributed by atoms with Crippen molar-refractivity contribution in [1.29, 1.82) is 0 Å². The molecule has 5 heavy (non-hydrogen) atoms. The largest absolute Gasteiger partial charge is 0.342 e. The highest BCUT2D eigenvalue weighted by atomic mass is 17.2. The Morgan fingerprint density at radius 2 is 2.60 bits per heavy atom. The lowest BCUT2D eigenvalue weighted by Gasteiger charge is -1.74. The van der Waals surface area contributed by atoms with Crippen LogP contribution in [-0.4, -0.2) is 18.2 Å². The fourth-order valence-corrected chi connectivity index (χ4v) is 0.100. The molecule has 0 aromatic rings. The topological polar surface area (TPSA) is 42.0 Å². The molecule has 0 amide bonds. The second-order valence-corrected chi connectivity index (χ2v) is 0.868. The Bertz CT molecular complexity index is 31.9. The Morgan fingerprint density at radius 3 is 2.60 bits per heavy atom. The van der Waals surface area contributed by atoms with Crippen molar-refractivity contribution in [2.24, 2.45) is 0 Å². The van der Waals surface area contributed by atoms with Crippen LogP contribution in [0.2, 0.25) is 0 Å². The van der Waals surface area contributed by atoms with Crippen LogP contribution in [0.15, 0.2) is 0 Å². The van der Waals surface area contributed by atoms with Crippen LogP contribution < -0.4 is 0 Å². The van der Waals surface area contributed by atoms with E-state index >= 15 is 0 Å². The van der Waals surface area contributed by atoms with Crippen molar-refractivity contribution in [3.8, 4) is 0 Å². The van der Waals surface area contributed by atoms with E-state index in [0.717, 1.165) is 0 Å². The third-order valence-electron chi connectivity index (χ3n) is 0.420. The molecule has 1 N–H and O–H groups in total. The highest BCUT2D eigenvalue weighted by molar-refractivity contribution is 4.50. The van der Waals surface area contributed by atoms with E-state index in [9.17, 15) is 0 Å². The molecule has 1 aliphatic heterocycles. The van der Waals surface area contributed by atoms with E-state index in [1.54, 1.807) is 0 Å². The van der Waals surface area contributed by atoms with Gasteiger partial charge in [0.25, 0.3) is 0 Å².